The Labute approximate surface area is 166 Å². The van der Waals surface area contributed by atoms with Gasteiger partial charge in [0.25, 0.3) is 12.3 Å². The Bertz CT molecular complexity index is 812. The second-order valence-corrected chi connectivity index (χ2v) is 7.32. The molecule has 0 spiro atoms. The number of nitrogens with zero attached hydrogens (tertiary/aromatic N) is 3. The third-order valence-corrected chi connectivity index (χ3v) is 4.34. The second-order valence-electron chi connectivity index (χ2n) is 6.48. The summed E-state index contributed by atoms with van der Waals surface area (Å²) < 4.78 is 27.7. The van der Waals surface area contributed by atoms with Crippen LogP contribution in [-0.2, 0) is 18.3 Å². The van der Waals surface area contributed by atoms with Gasteiger partial charge in [0.1, 0.15) is 5.69 Å². The van der Waals surface area contributed by atoms with Gasteiger partial charge < -0.3 is 0 Å². The molecule has 0 aliphatic carbocycles. The third-order valence-electron chi connectivity index (χ3n) is 3.75. The lowest BCUT2D eigenvalue weighted by molar-refractivity contribution is -0.172. The summed E-state index contributed by atoms with van der Waals surface area (Å²) in [7, 11) is 1.48. The van der Waals surface area contributed by atoms with Crippen LogP contribution in [0, 0.1) is 0 Å². The number of aromatic nitrogens is 2. The molecule has 0 aliphatic rings. The quantitative estimate of drug-likeness (QED) is 0.587. The molecule has 1 aromatic carbocycles. The first-order chi connectivity index (χ1) is 12.6. The third kappa shape index (κ3) is 5.40. The van der Waals surface area contributed by atoms with Crippen LogP contribution in [0.5, 0.6) is 0 Å². The summed E-state index contributed by atoms with van der Waals surface area (Å²) in [5.74, 6) is -0.676. The minimum Gasteiger partial charge on any atom is -0.275 e. The average molecular weight is 420 g/mol. The Balaban J connectivity index is 2.32. The Morgan fingerprint density at radius 2 is 1.96 bits per heavy atom. The minimum atomic E-state index is -2.87. The monoisotopic (exact) mass is 419 g/mol. The summed E-state index contributed by atoms with van der Waals surface area (Å²) in [5, 5.41) is 5.76. The number of hydroxylamine groups is 2. The molecule has 0 saturated heterocycles. The predicted octanol–water partition coefficient (Wildman–Crippen LogP) is 5.08. The summed E-state index contributed by atoms with van der Waals surface area (Å²) in [5.41, 5.74) is -0.00206. The van der Waals surface area contributed by atoms with Crippen LogP contribution in [0.25, 0.3) is 0 Å². The van der Waals surface area contributed by atoms with Crippen LogP contribution in [0.2, 0.25) is 10.0 Å². The number of rotatable bonds is 7. The average Bonchev–Trinajstić information content (AvgIpc) is 2.96. The molecular weight excluding hydrogens is 399 g/mol. The molecular formula is C18H21Cl2F2N3O2. The zero-order chi connectivity index (χ0) is 20.3. The molecule has 0 saturated carbocycles. The van der Waals surface area contributed by atoms with E-state index in [0.717, 1.165) is 10.6 Å². The van der Waals surface area contributed by atoms with Gasteiger partial charge in [-0.2, -0.15) is 5.10 Å². The maximum Gasteiger partial charge on any atom is 0.282 e. The molecule has 1 atom stereocenters. The molecule has 0 N–H and O–H groups in total. The maximum absolute atomic E-state index is 13.2. The highest BCUT2D eigenvalue weighted by Crippen LogP contribution is 2.26. The summed E-state index contributed by atoms with van der Waals surface area (Å²) in [6.45, 7) is 5.25. The highest BCUT2D eigenvalue weighted by Gasteiger charge is 2.30. The first-order valence-electron chi connectivity index (χ1n) is 8.36. The van der Waals surface area contributed by atoms with Crippen molar-refractivity contribution in [3.05, 3.63) is 51.3 Å². The summed E-state index contributed by atoms with van der Waals surface area (Å²) in [6.07, 6.45) is -1.57. The van der Waals surface area contributed by atoms with Crippen molar-refractivity contribution in [3.63, 3.8) is 0 Å². The van der Waals surface area contributed by atoms with Crippen LogP contribution < -0.4 is 0 Å². The maximum atomic E-state index is 13.2. The SMILES string of the molecule is CC(C)ON(C(=O)c1cn(C)nc1C(F)F)C(C)Cc1ccc(Cl)cc1Cl. The molecule has 5 nitrogen and oxygen atoms in total. The Kier molecular flexibility index (Phi) is 7.19. The first kappa shape index (κ1) is 21.6. The van der Waals surface area contributed by atoms with Gasteiger partial charge in [-0.15, -0.1) is 0 Å². The number of benzene rings is 1. The minimum absolute atomic E-state index is 0.192. The number of aryl methyl sites for hydroxylation is 1. The fourth-order valence-corrected chi connectivity index (χ4v) is 3.10. The predicted molar refractivity (Wildman–Crippen MR) is 100 cm³/mol. The zero-order valence-electron chi connectivity index (χ0n) is 15.4. The molecule has 9 heteroatoms. The van der Waals surface area contributed by atoms with E-state index in [2.05, 4.69) is 5.10 Å². The Morgan fingerprint density at radius 3 is 2.52 bits per heavy atom. The molecule has 1 amide bonds. The van der Waals surface area contributed by atoms with Crippen molar-refractivity contribution in [1.82, 2.24) is 14.8 Å². The molecule has 0 fully saturated rings. The molecule has 27 heavy (non-hydrogen) atoms. The van der Waals surface area contributed by atoms with E-state index in [4.69, 9.17) is 28.0 Å². The number of halogens is 4. The van der Waals surface area contributed by atoms with E-state index in [1.54, 1.807) is 39.0 Å². The molecule has 0 radical (unpaired) electrons. The van der Waals surface area contributed by atoms with Crippen LogP contribution in [0.15, 0.2) is 24.4 Å². The smallest absolute Gasteiger partial charge is 0.275 e. The van der Waals surface area contributed by atoms with Crippen molar-refractivity contribution in [3.8, 4) is 0 Å². The molecule has 1 aromatic heterocycles. The lowest BCUT2D eigenvalue weighted by atomic mass is 10.1. The lowest BCUT2D eigenvalue weighted by Crippen LogP contribution is -2.42. The summed E-state index contributed by atoms with van der Waals surface area (Å²) in [4.78, 5) is 18.6. The van der Waals surface area contributed by atoms with Crippen LogP contribution in [0.1, 0.15) is 48.8 Å². The second kappa shape index (κ2) is 8.99. The largest absolute Gasteiger partial charge is 0.282 e. The van der Waals surface area contributed by atoms with Gasteiger partial charge in [0, 0.05) is 23.3 Å². The van der Waals surface area contributed by atoms with E-state index < -0.39 is 24.1 Å². The number of hydrogen-bond donors (Lipinski definition) is 0. The van der Waals surface area contributed by atoms with Crippen molar-refractivity contribution < 1.29 is 18.4 Å². The molecule has 0 aliphatic heterocycles. The highest BCUT2D eigenvalue weighted by molar-refractivity contribution is 6.35. The molecule has 1 heterocycles. The fourth-order valence-electron chi connectivity index (χ4n) is 2.62. The van der Waals surface area contributed by atoms with Crippen LogP contribution in [-0.4, -0.2) is 32.9 Å². The van der Waals surface area contributed by atoms with Crippen molar-refractivity contribution in [2.24, 2.45) is 7.05 Å². The van der Waals surface area contributed by atoms with Gasteiger partial charge >= 0.3 is 0 Å². The van der Waals surface area contributed by atoms with Crippen LogP contribution >= 0.6 is 23.2 Å². The number of carbonyl (C=O) groups is 1. The standard InChI is InChI=1S/C18H21Cl2F2N3O2/c1-10(2)27-25(11(3)7-12-5-6-13(19)8-15(12)20)18(26)14-9-24(4)23-16(14)17(21)22/h5-6,8-11,17H,7H2,1-4H3. The Hall–Kier alpha value is -1.70. The van der Waals surface area contributed by atoms with Gasteiger partial charge in [-0.25, -0.2) is 13.8 Å². The van der Waals surface area contributed by atoms with Crippen LogP contribution in [0.3, 0.4) is 0 Å². The normalized spacial score (nSPS) is 12.7. The highest BCUT2D eigenvalue weighted by atomic mass is 35.5. The number of carbonyl (C=O) groups excluding carboxylic acids is 1. The van der Waals surface area contributed by atoms with Crippen molar-refractivity contribution in [1.29, 1.82) is 0 Å². The van der Waals surface area contributed by atoms with Gasteiger partial charge in [-0.3, -0.25) is 14.3 Å². The van der Waals surface area contributed by atoms with E-state index in [-0.39, 0.29) is 11.7 Å². The van der Waals surface area contributed by atoms with Gasteiger partial charge in [0.05, 0.1) is 17.7 Å². The molecule has 2 rings (SSSR count). The molecule has 2 aromatic rings. The van der Waals surface area contributed by atoms with Crippen molar-refractivity contribution >= 4 is 29.1 Å². The van der Waals surface area contributed by atoms with Gasteiger partial charge in [0.15, 0.2) is 0 Å². The van der Waals surface area contributed by atoms with E-state index in [1.807, 2.05) is 0 Å². The first-order valence-corrected chi connectivity index (χ1v) is 9.11. The van der Waals surface area contributed by atoms with Gasteiger partial charge in [0.2, 0.25) is 0 Å². The van der Waals surface area contributed by atoms with Gasteiger partial charge in [-0.05, 0) is 44.9 Å². The Morgan fingerprint density at radius 1 is 1.30 bits per heavy atom. The lowest BCUT2D eigenvalue weighted by Gasteiger charge is -2.30. The van der Waals surface area contributed by atoms with Crippen molar-refractivity contribution in [2.75, 3.05) is 0 Å². The molecule has 1 unspecified atom stereocenters. The number of hydrogen-bond acceptors (Lipinski definition) is 3. The summed E-state index contributed by atoms with van der Waals surface area (Å²) in [6, 6.07) is 4.59. The van der Waals surface area contributed by atoms with E-state index in [9.17, 15) is 13.6 Å². The van der Waals surface area contributed by atoms with Crippen LogP contribution in [0.4, 0.5) is 8.78 Å². The fraction of sp³-hybridized carbons (Fsp3) is 0.444. The molecule has 0 bridgehead atoms. The topological polar surface area (TPSA) is 47.4 Å². The van der Waals surface area contributed by atoms with Crippen molar-refractivity contribution in [2.45, 2.75) is 45.8 Å². The summed E-state index contributed by atoms with van der Waals surface area (Å²) >= 11 is 12.1. The molecule has 148 valence electrons. The van der Waals surface area contributed by atoms with E-state index in [0.29, 0.717) is 16.5 Å². The number of alkyl halides is 2. The van der Waals surface area contributed by atoms with Gasteiger partial charge in [-0.1, -0.05) is 29.3 Å². The van der Waals surface area contributed by atoms with E-state index in [1.165, 1.54) is 17.9 Å². The van der Waals surface area contributed by atoms with E-state index >= 15 is 0 Å². The number of amides is 1. The zero-order valence-corrected chi connectivity index (χ0v) is 16.9.